The second kappa shape index (κ2) is 5.19. The second-order valence-electron chi connectivity index (χ2n) is 3.67. The zero-order valence-corrected chi connectivity index (χ0v) is 9.93. The molecule has 0 unspecified atom stereocenters. The predicted molar refractivity (Wildman–Crippen MR) is 69.3 cm³/mol. The Balaban J connectivity index is 2.46. The maximum atomic E-state index is 11.4. The van der Waals surface area contributed by atoms with E-state index in [0.717, 1.165) is 10.8 Å². The molecular formula is C14H12N2O2. The minimum absolute atomic E-state index is 0.293. The van der Waals surface area contributed by atoms with E-state index in [0.29, 0.717) is 17.9 Å². The summed E-state index contributed by atoms with van der Waals surface area (Å²) in [7, 11) is 0. The number of nitrogens with one attached hydrogen (secondary N) is 1. The summed E-state index contributed by atoms with van der Waals surface area (Å²) in [4.78, 5) is 11.4. The van der Waals surface area contributed by atoms with Crippen LogP contribution in [0.4, 0.5) is 10.5 Å². The molecule has 0 atom stereocenters. The van der Waals surface area contributed by atoms with E-state index in [1.54, 1.807) is 13.0 Å². The van der Waals surface area contributed by atoms with Crippen molar-refractivity contribution in [2.45, 2.75) is 6.92 Å². The van der Waals surface area contributed by atoms with Crippen LogP contribution < -0.4 is 5.32 Å². The van der Waals surface area contributed by atoms with Crippen LogP contribution in [0, 0.1) is 11.3 Å². The molecule has 1 amide bonds. The quantitative estimate of drug-likeness (QED) is 0.876. The number of hydrogen-bond acceptors (Lipinski definition) is 3. The van der Waals surface area contributed by atoms with Crippen LogP contribution in [-0.2, 0) is 4.74 Å². The van der Waals surface area contributed by atoms with Crippen LogP contribution in [0.5, 0.6) is 0 Å². The first-order chi connectivity index (χ1) is 8.76. The van der Waals surface area contributed by atoms with E-state index < -0.39 is 6.09 Å². The molecule has 0 fully saturated rings. The normalized spacial score (nSPS) is 9.78. The van der Waals surface area contributed by atoms with Crippen molar-refractivity contribution in [3.63, 3.8) is 0 Å². The highest BCUT2D eigenvalue weighted by Crippen LogP contribution is 2.25. The molecule has 90 valence electrons. The summed E-state index contributed by atoms with van der Waals surface area (Å²) >= 11 is 0. The van der Waals surface area contributed by atoms with Crippen molar-refractivity contribution in [2.24, 2.45) is 0 Å². The van der Waals surface area contributed by atoms with Crippen molar-refractivity contribution >= 4 is 22.6 Å². The van der Waals surface area contributed by atoms with Crippen molar-refractivity contribution in [1.82, 2.24) is 0 Å². The largest absolute Gasteiger partial charge is 0.450 e. The van der Waals surface area contributed by atoms with E-state index in [4.69, 9.17) is 4.74 Å². The molecule has 2 aromatic carbocycles. The first-order valence-corrected chi connectivity index (χ1v) is 5.62. The number of nitrogens with zero attached hydrogens (tertiary/aromatic N) is 1. The summed E-state index contributed by atoms with van der Waals surface area (Å²) in [6, 6.07) is 13.2. The predicted octanol–water partition coefficient (Wildman–Crippen LogP) is 3.28. The molecule has 2 rings (SSSR count). The van der Waals surface area contributed by atoms with E-state index in [-0.39, 0.29) is 0 Å². The lowest BCUT2D eigenvalue weighted by Crippen LogP contribution is -2.14. The Hall–Kier alpha value is -2.54. The molecule has 0 aliphatic rings. The summed E-state index contributed by atoms with van der Waals surface area (Å²) in [5.41, 5.74) is 0.913. The number of nitriles is 1. The van der Waals surface area contributed by atoms with Crippen LogP contribution >= 0.6 is 0 Å². The zero-order chi connectivity index (χ0) is 13.0. The van der Waals surface area contributed by atoms with Gasteiger partial charge in [0.25, 0.3) is 0 Å². The Morgan fingerprint density at radius 3 is 2.83 bits per heavy atom. The molecule has 18 heavy (non-hydrogen) atoms. The van der Waals surface area contributed by atoms with Gasteiger partial charge in [-0.1, -0.05) is 30.3 Å². The van der Waals surface area contributed by atoms with Gasteiger partial charge in [-0.2, -0.15) is 5.26 Å². The van der Waals surface area contributed by atoms with Crippen LogP contribution in [0.25, 0.3) is 10.8 Å². The topological polar surface area (TPSA) is 62.1 Å². The summed E-state index contributed by atoms with van der Waals surface area (Å²) in [5.74, 6) is 0. The molecular weight excluding hydrogens is 228 g/mol. The van der Waals surface area contributed by atoms with E-state index in [9.17, 15) is 10.1 Å². The van der Waals surface area contributed by atoms with Crippen molar-refractivity contribution in [1.29, 1.82) is 5.26 Å². The van der Waals surface area contributed by atoms with E-state index in [2.05, 4.69) is 11.4 Å². The highest BCUT2D eigenvalue weighted by Gasteiger charge is 2.10. The summed E-state index contributed by atoms with van der Waals surface area (Å²) in [6.07, 6.45) is -0.552. The third-order valence-corrected chi connectivity index (χ3v) is 2.55. The fraction of sp³-hybridized carbons (Fsp3) is 0.143. The van der Waals surface area contributed by atoms with Gasteiger partial charge in [-0.05, 0) is 18.4 Å². The van der Waals surface area contributed by atoms with Gasteiger partial charge in [-0.3, -0.25) is 5.32 Å². The van der Waals surface area contributed by atoms with Gasteiger partial charge in [0.1, 0.15) is 6.07 Å². The van der Waals surface area contributed by atoms with Crippen LogP contribution in [0.15, 0.2) is 36.4 Å². The minimum atomic E-state index is -0.552. The molecule has 0 spiro atoms. The lowest BCUT2D eigenvalue weighted by atomic mass is 10.0. The molecule has 2 aromatic rings. The van der Waals surface area contributed by atoms with Gasteiger partial charge in [0.05, 0.1) is 17.9 Å². The van der Waals surface area contributed by atoms with Gasteiger partial charge in [-0.25, -0.2) is 4.79 Å². The number of amides is 1. The second-order valence-corrected chi connectivity index (χ2v) is 3.67. The molecule has 0 saturated heterocycles. The number of carbonyl (C=O) groups excluding carboxylic acids is 1. The van der Waals surface area contributed by atoms with Crippen molar-refractivity contribution < 1.29 is 9.53 Å². The molecule has 0 heterocycles. The molecule has 0 aliphatic heterocycles. The van der Waals surface area contributed by atoms with Gasteiger partial charge < -0.3 is 4.74 Å². The highest BCUT2D eigenvalue weighted by molar-refractivity contribution is 5.96. The molecule has 4 nitrogen and oxygen atoms in total. The Labute approximate surface area is 105 Å². The molecule has 0 saturated carbocycles. The molecule has 1 N–H and O–H groups in total. The third kappa shape index (κ3) is 2.25. The fourth-order valence-corrected chi connectivity index (χ4v) is 1.77. The van der Waals surface area contributed by atoms with Gasteiger partial charge in [0.15, 0.2) is 0 Å². The van der Waals surface area contributed by atoms with Crippen LogP contribution in [0.3, 0.4) is 0 Å². The van der Waals surface area contributed by atoms with Crippen molar-refractivity contribution in [3.05, 3.63) is 42.0 Å². The van der Waals surface area contributed by atoms with E-state index in [1.165, 1.54) is 0 Å². The number of benzene rings is 2. The SMILES string of the molecule is CCOC(=O)Nc1ccc2ccccc2c1C#N. The van der Waals surface area contributed by atoms with Gasteiger partial charge in [0, 0.05) is 5.39 Å². The number of carbonyl (C=O) groups is 1. The number of fused-ring (bicyclic) bond motifs is 1. The van der Waals surface area contributed by atoms with Crippen LogP contribution in [0.1, 0.15) is 12.5 Å². The monoisotopic (exact) mass is 240 g/mol. The van der Waals surface area contributed by atoms with Gasteiger partial charge in [-0.15, -0.1) is 0 Å². The first kappa shape index (κ1) is 11.9. The average Bonchev–Trinajstić information content (AvgIpc) is 2.38. The third-order valence-electron chi connectivity index (χ3n) is 2.55. The summed E-state index contributed by atoms with van der Waals surface area (Å²) in [6.45, 7) is 2.02. The smallest absolute Gasteiger partial charge is 0.411 e. The van der Waals surface area contributed by atoms with E-state index in [1.807, 2.05) is 30.3 Å². The average molecular weight is 240 g/mol. The van der Waals surface area contributed by atoms with Gasteiger partial charge in [0.2, 0.25) is 0 Å². The number of rotatable bonds is 2. The summed E-state index contributed by atoms with van der Waals surface area (Å²) < 4.78 is 4.80. The minimum Gasteiger partial charge on any atom is -0.450 e. The standard InChI is InChI=1S/C14H12N2O2/c1-2-18-14(17)16-13-8-7-10-5-3-4-6-11(10)12(13)9-15/h3-8H,2H2,1H3,(H,16,17). The highest BCUT2D eigenvalue weighted by atomic mass is 16.5. The molecule has 4 heteroatoms. The maximum absolute atomic E-state index is 11.4. The van der Waals surface area contributed by atoms with Crippen molar-refractivity contribution in [2.75, 3.05) is 11.9 Å². The van der Waals surface area contributed by atoms with Crippen LogP contribution in [-0.4, -0.2) is 12.7 Å². The summed E-state index contributed by atoms with van der Waals surface area (Å²) in [5, 5.41) is 13.6. The van der Waals surface area contributed by atoms with Crippen molar-refractivity contribution in [3.8, 4) is 6.07 Å². The Morgan fingerprint density at radius 2 is 2.11 bits per heavy atom. The Morgan fingerprint density at radius 1 is 1.33 bits per heavy atom. The first-order valence-electron chi connectivity index (χ1n) is 5.62. The molecule has 0 aromatic heterocycles. The zero-order valence-electron chi connectivity index (χ0n) is 9.93. The number of ether oxygens (including phenoxy) is 1. The number of anilines is 1. The maximum Gasteiger partial charge on any atom is 0.411 e. The van der Waals surface area contributed by atoms with Gasteiger partial charge >= 0.3 is 6.09 Å². The number of hydrogen-bond donors (Lipinski definition) is 1. The van der Waals surface area contributed by atoms with E-state index >= 15 is 0 Å². The molecule has 0 aliphatic carbocycles. The molecule has 0 radical (unpaired) electrons. The van der Waals surface area contributed by atoms with Crippen LogP contribution in [0.2, 0.25) is 0 Å². The lowest BCUT2D eigenvalue weighted by molar-refractivity contribution is 0.168. The fourth-order valence-electron chi connectivity index (χ4n) is 1.77. The molecule has 0 bridgehead atoms. The lowest BCUT2D eigenvalue weighted by Gasteiger charge is -2.09. The Bertz CT molecular complexity index is 629. The Kier molecular flexibility index (Phi) is 3.44.